The van der Waals surface area contributed by atoms with Crippen molar-refractivity contribution in [3.63, 3.8) is 0 Å². The van der Waals surface area contributed by atoms with Crippen LogP contribution in [0.4, 0.5) is 0 Å². The molecule has 0 amide bonds. The van der Waals surface area contributed by atoms with Gasteiger partial charge in [-0.1, -0.05) is 13.8 Å². The van der Waals surface area contributed by atoms with Gasteiger partial charge in [-0.05, 0) is 25.2 Å². The average Bonchev–Trinajstić information content (AvgIpc) is 1.83. The molecule has 1 aliphatic heterocycles. The van der Waals surface area contributed by atoms with Crippen LogP contribution in [0.2, 0.25) is 0 Å². The van der Waals surface area contributed by atoms with E-state index in [9.17, 15) is 0 Å². The monoisotopic (exact) mass is 128 g/mol. The molecule has 0 unspecified atom stereocenters. The second-order valence-electron chi connectivity index (χ2n) is 3.20. The molecule has 0 radical (unpaired) electrons. The lowest BCUT2D eigenvalue weighted by atomic mass is 9.87. The van der Waals surface area contributed by atoms with Crippen molar-refractivity contribution in [1.29, 1.82) is 0 Å². The van der Waals surface area contributed by atoms with Crippen molar-refractivity contribution in [1.82, 2.24) is 0 Å². The van der Waals surface area contributed by atoms with E-state index in [-0.39, 0.29) is 0 Å². The van der Waals surface area contributed by atoms with Gasteiger partial charge in [0.15, 0.2) is 0 Å². The summed E-state index contributed by atoms with van der Waals surface area (Å²) >= 11 is 0. The fourth-order valence-corrected chi connectivity index (χ4v) is 1.32. The molecule has 9 heavy (non-hydrogen) atoms. The maximum absolute atomic E-state index is 5.46. The van der Waals surface area contributed by atoms with Crippen LogP contribution in [-0.4, -0.2) is 12.7 Å². The van der Waals surface area contributed by atoms with E-state index in [1.165, 1.54) is 6.42 Å². The Kier molecular flexibility index (Phi) is 2.12. The summed E-state index contributed by atoms with van der Waals surface area (Å²) in [6.07, 6.45) is 1.72. The van der Waals surface area contributed by atoms with Gasteiger partial charge in [0.2, 0.25) is 0 Å². The van der Waals surface area contributed by atoms with E-state index in [0.29, 0.717) is 6.10 Å². The summed E-state index contributed by atoms with van der Waals surface area (Å²) in [5, 5.41) is 0. The highest BCUT2D eigenvalue weighted by atomic mass is 16.5. The highest BCUT2D eigenvalue weighted by Crippen LogP contribution is 2.25. The molecule has 54 valence electrons. The van der Waals surface area contributed by atoms with Crippen molar-refractivity contribution in [3.8, 4) is 0 Å². The lowest BCUT2D eigenvalue weighted by Crippen LogP contribution is -2.30. The van der Waals surface area contributed by atoms with Gasteiger partial charge in [0.25, 0.3) is 0 Å². The Balaban J connectivity index is 2.41. The van der Waals surface area contributed by atoms with E-state index in [1.807, 2.05) is 0 Å². The van der Waals surface area contributed by atoms with Gasteiger partial charge >= 0.3 is 0 Å². The molecule has 0 spiro atoms. The molecule has 1 aliphatic rings. The zero-order valence-corrected chi connectivity index (χ0v) is 6.55. The van der Waals surface area contributed by atoms with E-state index < -0.39 is 0 Å². The van der Waals surface area contributed by atoms with Crippen LogP contribution in [0.15, 0.2) is 0 Å². The topological polar surface area (TPSA) is 9.23 Å². The van der Waals surface area contributed by atoms with Crippen LogP contribution in [0.25, 0.3) is 0 Å². The smallest absolute Gasteiger partial charge is 0.0575 e. The molecule has 1 heterocycles. The van der Waals surface area contributed by atoms with E-state index >= 15 is 0 Å². The van der Waals surface area contributed by atoms with Crippen molar-refractivity contribution in [2.45, 2.75) is 33.3 Å². The summed E-state index contributed by atoms with van der Waals surface area (Å²) in [6, 6.07) is 0. The third-order valence-corrected chi connectivity index (χ3v) is 2.59. The number of hydrogen-bond acceptors (Lipinski definition) is 1. The molecule has 0 bridgehead atoms. The van der Waals surface area contributed by atoms with Crippen LogP contribution >= 0.6 is 0 Å². The van der Waals surface area contributed by atoms with Crippen molar-refractivity contribution >= 4 is 0 Å². The molecule has 1 saturated heterocycles. The molecular weight excluding hydrogens is 112 g/mol. The zero-order chi connectivity index (χ0) is 6.85. The lowest BCUT2D eigenvalue weighted by molar-refractivity contribution is -0.0345. The minimum absolute atomic E-state index is 0.480. The molecule has 0 N–H and O–H groups in total. The molecule has 1 fully saturated rings. The summed E-state index contributed by atoms with van der Waals surface area (Å²) in [6.45, 7) is 7.71. The van der Waals surface area contributed by atoms with Gasteiger partial charge in [0.1, 0.15) is 0 Å². The Bertz CT molecular complexity index is 80.6. The van der Waals surface area contributed by atoms with Crippen LogP contribution in [0.3, 0.4) is 0 Å². The first-order chi connectivity index (χ1) is 4.22. The Hall–Kier alpha value is -0.0400. The minimum atomic E-state index is 0.480. The van der Waals surface area contributed by atoms with E-state index in [1.54, 1.807) is 0 Å². The van der Waals surface area contributed by atoms with Crippen LogP contribution < -0.4 is 0 Å². The SMILES string of the molecule is C[C@@H]1[C@H](C)OCC[C@@H]1C. The van der Waals surface area contributed by atoms with Crippen molar-refractivity contribution in [2.24, 2.45) is 11.8 Å². The number of rotatable bonds is 0. The zero-order valence-electron chi connectivity index (χ0n) is 6.55. The van der Waals surface area contributed by atoms with Crippen LogP contribution in [-0.2, 0) is 4.74 Å². The minimum Gasteiger partial charge on any atom is -0.378 e. The largest absolute Gasteiger partial charge is 0.378 e. The molecule has 0 aromatic carbocycles. The summed E-state index contributed by atoms with van der Waals surface area (Å²) in [5.41, 5.74) is 0. The molecule has 0 aromatic rings. The molecule has 1 nitrogen and oxygen atoms in total. The normalized spacial score (nSPS) is 45.0. The quantitative estimate of drug-likeness (QED) is 0.485. The lowest BCUT2D eigenvalue weighted by Gasteiger charge is -2.31. The van der Waals surface area contributed by atoms with Crippen LogP contribution in [0, 0.1) is 11.8 Å². The van der Waals surface area contributed by atoms with Gasteiger partial charge in [-0.15, -0.1) is 0 Å². The highest BCUT2D eigenvalue weighted by Gasteiger charge is 2.23. The Morgan fingerprint density at radius 1 is 1.22 bits per heavy atom. The van der Waals surface area contributed by atoms with E-state index in [0.717, 1.165) is 18.4 Å². The van der Waals surface area contributed by atoms with Gasteiger partial charge in [-0.2, -0.15) is 0 Å². The maximum Gasteiger partial charge on any atom is 0.0575 e. The standard InChI is InChI=1S/C8H16O/c1-6-4-5-9-8(3)7(6)2/h6-8H,4-5H2,1-3H3/t6-,7-,8-/m0/s1. The van der Waals surface area contributed by atoms with Gasteiger partial charge in [-0.25, -0.2) is 0 Å². The van der Waals surface area contributed by atoms with Crippen molar-refractivity contribution in [3.05, 3.63) is 0 Å². The van der Waals surface area contributed by atoms with Crippen molar-refractivity contribution in [2.75, 3.05) is 6.61 Å². The third kappa shape index (κ3) is 1.45. The Labute approximate surface area is 57.4 Å². The first-order valence-corrected chi connectivity index (χ1v) is 3.83. The average molecular weight is 128 g/mol. The first-order valence-electron chi connectivity index (χ1n) is 3.83. The first kappa shape index (κ1) is 7.07. The fraction of sp³-hybridized carbons (Fsp3) is 1.00. The number of ether oxygens (including phenoxy) is 1. The van der Waals surface area contributed by atoms with Crippen molar-refractivity contribution < 1.29 is 4.74 Å². The molecule has 3 atom stereocenters. The molecular formula is C8H16O. The molecule has 0 saturated carbocycles. The summed E-state index contributed by atoms with van der Waals surface area (Å²) in [5.74, 6) is 1.60. The van der Waals surface area contributed by atoms with E-state index in [2.05, 4.69) is 20.8 Å². The number of hydrogen-bond donors (Lipinski definition) is 0. The van der Waals surface area contributed by atoms with Gasteiger partial charge in [0, 0.05) is 6.61 Å². The van der Waals surface area contributed by atoms with Crippen LogP contribution in [0.5, 0.6) is 0 Å². The molecule has 1 rings (SSSR count). The predicted octanol–water partition coefficient (Wildman–Crippen LogP) is 2.07. The Morgan fingerprint density at radius 3 is 2.33 bits per heavy atom. The fourth-order valence-electron chi connectivity index (χ4n) is 1.32. The summed E-state index contributed by atoms with van der Waals surface area (Å²) in [4.78, 5) is 0. The second kappa shape index (κ2) is 2.70. The highest BCUT2D eigenvalue weighted by molar-refractivity contribution is 4.72. The third-order valence-electron chi connectivity index (χ3n) is 2.59. The van der Waals surface area contributed by atoms with Gasteiger partial charge < -0.3 is 4.74 Å². The molecule has 1 heteroatoms. The van der Waals surface area contributed by atoms with Gasteiger partial charge in [0.05, 0.1) is 6.10 Å². The van der Waals surface area contributed by atoms with Crippen LogP contribution in [0.1, 0.15) is 27.2 Å². The van der Waals surface area contributed by atoms with E-state index in [4.69, 9.17) is 4.74 Å². The summed E-state index contributed by atoms with van der Waals surface area (Å²) in [7, 11) is 0. The molecule has 0 aromatic heterocycles. The molecule has 0 aliphatic carbocycles. The summed E-state index contributed by atoms with van der Waals surface area (Å²) < 4.78 is 5.46. The second-order valence-corrected chi connectivity index (χ2v) is 3.20. The predicted molar refractivity (Wildman–Crippen MR) is 38.4 cm³/mol. The van der Waals surface area contributed by atoms with Gasteiger partial charge in [-0.3, -0.25) is 0 Å². The maximum atomic E-state index is 5.46. The Morgan fingerprint density at radius 2 is 1.89 bits per heavy atom.